The number of hydrogen-bond donors (Lipinski definition) is 2. The Morgan fingerprint density at radius 1 is 1.30 bits per heavy atom. The van der Waals surface area contributed by atoms with Crippen molar-refractivity contribution < 1.29 is 4.79 Å². The number of hydrogen-bond acceptors (Lipinski definition) is 2. The molecule has 110 valence electrons. The van der Waals surface area contributed by atoms with Crippen LogP contribution in [0.1, 0.15) is 41.6 Å². The normalized spacial score (nSPS) is 27.8. The number of aryl methyl sites for hydroxylation is 1. The van der Waals surface area contributed by atoms with Crippen molar-refractivity contribution in [2.24, 2.45) is 0 Å². The smallest absolute Gasteiger partial charge is 0.251 e. The molecule has 2 unspecified atom stereocenters. The lowest BCUT2D eigenvalue weighted by Gasteiger charge is -2.29. The topological polar surface area (TPSA) is 41.1 Å². The second-order valence-corrected chi connectivity index (χ2v) is 6.65. The predicted molar refractivity (Wildman–Crippen MR) is 86.6 cm³/mol. The van der Waals surface area contributed by atoms with Crippen molar-refractivity contribution in [3.05, 3.63) is 33.8 Å². The van der Waals surface area contributed by atoms with E-state index in [0.717, 1.165) is 28.4 Å². The third-order valence-corrected chi connectivity index (χ3v) is 4.75. The van der Waals surface area contributed by atoms with Crippen LogP contribution in [0.3, 0.4) is 0 Å². The van der Waals surface area contributed by atoms with Crippen LogP contribution < -0.4 is 10.6 Å². The van der Waals surface area contributed by atoms with E-state index in [1.54, 1.807) is 0 Å². The van der Waals surface area contributed by atoms with Crippen molar-refractivity contribution >= 4 is 34.2 Å². The number of halogens is 2. The molecule has 2 aliphatic heterocycles. The molecule has 0 radical (unpaired) electrons. The van der Waals surface area contributed by atoms with Crippen molar-refractivity contribution in [1.82, 2.24) is 10.6 Å². The lowest BCUT2D eigenvalue weighted by Crippen LogP contribution is -2.48. The fourth-order valence-electron chi connectivity index (χ4n) is 3.28. The zero-order chi connectivity index (χ0) is 13.4. The molecule has 2 fully saturated rings. The molecule has 2 saturated heterocycles. The average Bonchev–Trinajstić information content (AvgIpc) is 2.71. The molecule has 20 heavy (non-hydrogen) atoms. The van der Waals surface area contributed by atoms with E-state index in [4.69, 9.17) is 0 Å². The van der Waals surface area contributed by atoms with E-state index in [-0.39, 0.29) is 18.3 Å². The molecular weight excluding hydrogens is 340 g/mol. The Morgan fingerprint density at radius 3 is 2.60 bits per heavy atom. The van der Waals surface area contributed by atoms with Crippen LogP contribution in [0.25, 0.3) is 0 Å². The highest BCUT2D eigenvalue weighted by Crippen LogP contribution is 2.27. The summed E-state index contributed by atoms with van der Waals surface area (Å²) in [6, 6.07) is 7.38. The minimum Gasteiger partial charge on any atom is -0.349 e. The maximum absolute atomic E-state index is 12.4. The molecule has 2 heterocycles. The van der Waals surface area contributed by atoms with Crippen molar-refractivity contribution in [2.75, 3.05) is 0 Å². The highest BCUT2D eigenvalue weighted by molar-refractivity contribution is 9.10. The molecule has 0 saturated carbocycles. The summed E-state index contributed by atoms with van der Waals surface area (Å²) in [6.45, 7) is 1.98. The summed E-state index contributed by atoms with van der Waals surface area (Å²) in [5.74, 6) is 0.0603. The number of fused-ring (bicyclic) bond motifs is 2. The predicted octanol–water partition coefficient (Wildman–Crippen LogP) is 3.19. The van der Waals surface area contributed by atoms with Gasteiger partial charge in [-0.05, 0) is 50.3 Å². The number of nitrogens with one attached hydrogen (secondary N) is 2. The summed E-state index contributed by atoms with van der Waals surface area (Å²) in [4.78, 5) is 12.4. The van der Waals surface area contributed by atoms with Crippen molar-refractivity contribution in [3.8, 4) is 0 Å². The summed E-state index contributed by atoms with van der Waals surface area (Å²) in [7, 11) is 0. The van der Waals surface area contributed by atoms with Crippen LogP contribution in [0, 0.1) is 6.92 Å². The van der Waals surface area contributed by atoms with Gasteiger partial charge in [-0.3, -0.25) is 4.79 Å². The van der Waals surface area contributed by atoms with Gasteiger partial charge in [-0.15, -0.1) is 12.4 Å². The van der Waals surface area contributed by atoms with Crippen LogP contribution >= 0.6 is 28.3 Å². The van der Waals surface area contributed by atoms with E-state index < -0.39 is 0 Å². The Labute approximate surface area is 134 Å². The van der Waals surface area contributed by atoms with Gasteiger partial charge in [0.2, 0.25) is 0 Å². The molecule has 0 aromatic heterocycles. The second-order valence-electron chi connectivity index (χ2n) is 5.74. The highest BCUT2D eigenvalue weighted by Gasteiger charge is 2.34. The molecule has 2 atom stereocenters. The number of rotatable bonds is 2. The molecule has 3 nitrogen and oxygen atoms in total. The van der Waals surface area contributed by atoms with E-state index >= 15 is 0 Å². The summed E-state index contributed by atoms with van der Waals surface area (Å²) in [5.41, 5.74) is 1.80. The minimum absolute atomic E-state index is 0. The maximum Gasteiger partial charge on any atom is 0.251 e. The SMILES string of the molecule is Cc1ccc(Br)cc1C(=O)NC1CC2CCC(C1)N2.Cl. The number of carbonyl (C=O) groups excluding carboxylic acids is 1. The first-order valence-electron chi connectivity index (χ1n) is 6.95. The first-order valence-corrected chi connectivity index (χ1v) is 7.74. The Bertz CT molecular complexity index is 497. The zero-order valence-electron chi connectivity index (χ0n) is 11.5. The van der Waals surface area contributed by atoms with Crippen LogP contribution in [-0.4, -0.2) is 24.0 Å². The first-order chi connectivity index (χ1) is 9.11. The summed E-state index contributed by atoms with van der Waals surface area (Å²) >= 11 is 3.43. The van der Waals surface area contributed by atoms with Crippen LogP contribution in [-0.2, 0) is 0 Å². The minimum atomic E-state index is 0. The first kappa shape index (κ1) is 15.8. The molecule has 2 N–H and O–H groups in total. The van der Waals surface area contributed by atoms with Crippen molar-refractivity contribution in [3.63, 3.8) is 0 Å². The lowest BCUT2D eigenvalue weighted by molar-refractivity contribution is 0.0923. The second kappa shape index (κ2) is 6.46. The van der Waals surface area contributed by atoms with Gasteiger partial charge in [-0.25, -0.2) is 0 Å². The number of benzene rings is 1. The Hall–Kier alpha value is -0.580. The van der Waals surface area contributed by atoms with Crippen LogP contribution in [0.4, 0.5) is 0 Å². The van der Waals surface area contributed by atoms with Gasteiger partial charge in [-0.2, -0.15) is 0 Å². The van der Waals surface area contributed by atoms with E-state index in [9.17, 15) is 4.79 Å². The Kier molecular flexibility index (Phi) is 5.10. The van der Waals surface area contributed by atoms with Gasteiger partial charge >= 0.3 is 0 Å². The summed E-state index contributed by atoms with van der Waals surface area (Å²) < 4.78 is 0.952. The summed E-state index contributed by atoms with van der Waals surface area (Å²) in [6.07, 6.45) is 4.64. The largest absolute Gasteiger partial charge is 0.349 e. The fraction of sp³-hybridized carbons (Fsp3) is 0.533. The van der Waals surface area contributed by atoms with Crippen LogP contribution in [0.15, 0.2) is 22.7 Å². The van der Waals surface area contributed by atoms with E-state index in [2.05, 4.69) is 26.6 Å². The Balaban J connectivity index is 0.00000147. The molecular formula is C15H20BrClN2O. The molecule has 1 amide bonds. The van der Waals surface area contributed by atoms with E-state index in [1.165, 1.54) is 12.8 Å². The third-order valence-electron chi connectivity index (χ3n) is 4.25. The van der Waals surface area contributed by atoms with Gasteiger partial charge in [0.25, 0.3) is 5.91 Å². The molecule has 2 bridgehead atoms. The number of carbonyl (C=O) groups is 1. The van der Waals surface area contributed by atoms with Gasteiger partial charge in [0.05, 0.1) is 0 Å². The monoisotopic (exact) mass is 358 g/mol. The molecule has 0 aliphatic carbocycles. The third kappa shape index (κ3) is 3.35. The van der Waals surface area contributed by atoms with Gasteiger partial charge in [-0.1, -0.05) is 22.0 Å². The van der Waals surface area contributed by atoms with Crippen molar-refractivity contribution in [1.29, 1.82) is 0 Å². The zero-order valence-corrected chi connectivity index (χ0v) is 13.9. The van der Waals surface area contributed by atoms with Crippen LogP contribution in [0.5, 0.6) is 0 Å². The van der Waals surface area contributed by atoms with Crippen LogP contribution in [0.2, 0.25) is 0 Å². The van der Waals surface area contributed by atoms with Gasteiger partial charge in [0, 0.05) is 28.2 Å². The van der Waals surface area contributed by atoms with Crippen molar-refractivity contribution in [2.45, 2.75) is 50.7 Å². The fourth-order valence-corrected chi connectivity index (χ4v) is 3.64. The number of piperidine rings is 1. The quantitative estimate of drug-likeness (QED) is 0.851. The lowest BCUT2D eigenvalue weighted by atomic mass is 9.99. The Morgan fingerprint density at radius 2 is 1.95 bits per heavy atom. The number of amides is 1. The highest BCUT2D eigenvalue weighted by atomic mass is 79.9. The standard InChI is InChI=1S/C15H19BrN2O.ClH/c1-9-2-3-10(16)6-14(9)15(19)18-13-7-11-4-5-12(8-13)17-11;/h2-3,6,11-13,17H,4-5,7-8H2,1H3,(H,18,19);1H. The average molecular weight is 360 g/mol. The molecule has 5 heteroatoms. The van der Waals surface area contributed by atoms with Gasteiger partial charge < -0.3 is 10.6 Å². The van der Waals surface area contributed by atoms with Gasteiger partial charge in [0.15, 0.2) is 0 Å². The molecule has 2 aliphatic rings. The molecule has 3 rings (SSSR count). The molecule has 1 aromatic carbocycles. The maximum atomic E-state index is 12.4. The summed E-state index contributed by atoms with van der Waals surface area (Å²) in [5, 5.41) is 6.80. The van der Waals surface area contributed by atoms with E-state index in [0.29, 0.717) is 18.1 Å². The van der Waals surface area contributed by atoms with Gasteiger partial charge in [0.1, 0.15) is 0 Å². The molecule has 0 spiro atoms. The molecule has 1 aromatic rings. The van der Waals surface area contributed by atoms with E-state index in [1.807, 2.05) is 25.1 Å².